The first-order valence-electron chi connectivity index (χ1n) is 13.4. The molecule has 39 heavy (non-hydrogen) atoms. The van der Waals surface area contributed by atoms with Crippen molar-refractivity contribution in [2.24, 2.45) is 0 Å². The van der Waals surface area contributed by atoms with E-state index in [1.807, 2.05) is 18.7 Å². The summed E-state index contributed by atoms with van der Waals surface area (Å²) in [6.07, 6.45) is -1.69. The van der Waals surface area contributed by atoms with Gasteiger partial charge in [0.2, 0.25) is 5.75 Å². The minimum atomic E-state index is -0.844. The molecule has 2 saturated heterocycles. The Morgan fingerprint density at radius 3 is 1.56 bits per heavy atom. The average Bonchev–Trinajstić information content (AvgIpc) is 3.86. The van der Waals surface area contributed by atoms with E-state index in [0.29, 0.717) is 49.4 Å². The maximum atomic E-state index is 10.8. The van der Waals surface area contributed by atoms with Crippen molar-refractivity contribution < 1.29 is 52.8 Å². The first-order valence-corrected chi connectivity index (χ1v) is 13.4. The molecule has 2 aliphatic rings. The molecule has 1 aromatic carbocycles. The van der Waals surface area contributed by atoms with Crippen molar-refractivity contribution in [3.05, 3.63) is 12.1 Å². The number of aliphatic hydroxyl groups is 2. The summed E-state index contributed by atoms with van der Waals surface area (Å²) >= 11 is 0. The van der Waals surface area contributed by atoms with Gasteiger partial charge < -0.3 is 57.7 Å². The van der Waals surface area contributed by atoms with Gasteiger partial charge in [-0.3, -0.25) is 0 Å². The van der Waals surface area contributed by atoms with Crippen LogP contribution in [0.4, 0.5) is 5.69 Å². The third-order valence-corrected chi connectivity index (χ3v) is 6.14. The third-order valence-electron chi connectivity index (χ3n) is 6.14. The highest BCUT2D eigenvalue weighted by Gasteiger charge is 2.25. The minimum Gasteiger partial charge on any atom is -0.493 e. The predicted molar refractivity (Wildman–Crippen MR) is 142 cm³/mol. The fourth-order valence-corrected chi connectivity index (χ4v) is 3.86. The second-order valence-electron chi connectivity index (χ2n) is 9.87. The molecule has 0 aliphatic carbocycles. The van der Waals surface area contributed by atoms with Gasteiger partial charge in [0.1, 0.15) is 12.2 Å². The molecule has 0 bridgehead atoms. The van der Waals surface area contributed by atoms with Crippen LogP contribution in [0, 0.1) is 0 Å². The third kappa shape index (κ3) is 11.6. The lowest BCUT2D eigenvalue weighted by Gasteiger charge is -2.31. The number of nitrogens with zero attached hydrogens (tertiary/aromatic N) is 1. The zero-order valence-corrected chi connectivity index (χ0v) is 23.7. The molecule has 12 nitrogen and oxygen atoms in total. The van der Waals surface area contributed by atoms with E-state index in [0.717, 1.165) is 13.2 Å². The van der Waals surface area contributed by atoms with Crippen LogP contribution >= 0.6 is 0 Å². The van der Waals surface area contributed by atoms with Crippen LogP contribution < -0.4 is 19.1 Å². The van der Waals surface area contributed by atoms with Crippen LogP contribution in [-0.4, -0.2) is 134 Å². The lowest BCUT2D eigenvalue weighted by Crippen LogP contribution is -2.42. The smallest absolute Gasteiger partial charge is 0.203 e. The largest absolute Gasteiger partial charge is 0.493 e. The van der Waals surface area contributed by atoms with Gasteiger partial charge in [-0.2, -0.15) is 0 Å². The van der Waals surface area contributed by atoms with Crippen molar-refractivity contribution in [1.82, 2.24) is 0 Å². The number of anilines is 1. The summed E-state index contributed by atoms with van der Waals surface area (Å²) in [5, 5.41) is 21.7. The van der Waals surface area contributed by atoms with E-state index in [4.69, 9.17) is 42.6 Å². The zero-order valence-electron chi connectivity index (χ0n) is 23.7. The summed E-state index contributed by atoms with van der Waals surface area (Å²) in [5.41, 5.74) is 0.671. The molecule has 3 rings (SSSR count). The van der Waals surface area contributed by atoms with Crippen LogP contribution in [0.3, 0.4) is 0 Å². The number of ether oxygens (including phenoxy) is 9. The molecule has 224 valence electrons. The molecule has 2 fully saturated rings. The summed E-state index contributed by atoms with van der Waals surface area (Å²) in [4.78, 5) is 1.84. The molecule has 0 amide bonds. The fraction of sp³-hybridized carbons (Fsp3) is 0.778. The molecule has 0 spiro atoms. The van der Waals surface area contributed by atoms with E-state index in [2.05, 4.69) is 0 Å². The van der Waals surface area contributed by atoms with Crippen molar-refractivity contribution in [3.63, 3.8) is 0 Å². The van der Waals surface area contributed by atoms with Gasteiger partial charge in [-0.1, -0.05) is 0 Å². The highest BCUT2D eigenvalue weighted by molar-refractivity contribution is 5.63. The highest BCUT2D eigenvalue weighted by Crippen LogP contribution is 2.41. The summed E-state index contributed by atoms with van der Waals surface area (Å²) < 4.78 is 49.4. The first kappa shape index (κ1) is 31.6. The van der Waals surface area contributed by atoms with Gasteiger partial charge in [0, 0.05) is 30.9 Å². The molecular weight excluding hydrogens is 514 g/mol. The Kier molecular flexibility index (Phi) is 13.3. The van der Waals surface area contributed by atoms with Gasteiger partial charge in [0.05, 0.1) is 98.6 Å². The molecule has 0 aromatic heterocycles. The van der Waals surface area contributed by atoms with Gasteiger partial charge >= 0.3 is 0 Å². The molecule has 2 aliphatic heterocycles. The van der Waals surface area contributed by atoms with Crippen LogP contribution in [0.5, 0.6) is 17.2 Å². The second-order valence-corrected chi connectivity index (χ2v) is 9.87. The van der Waals surface area contributed by atoms with Crippen molar-refractivity contribution >= 4 is 5.69 Å². The van der Waals surface area contributed by atoms with Crippen molar-refractivity contribution in [2.75, 3.05) is 92.2 Å². The lowest BCUT2D eigenvalue weighted by molar-refractivity contribution is -0.0448. The Bertz CT molecular complexity index is 775. The van der Waals surface area contributed by atoms with Crippen molar-refractivity contribution in [1.29, 1.82) is 0 Å². The Balaban J connectivity index is 1.58. The van der Waals surface area contributed by atoms with E-state index in [1.54, 1.807) is 12.1 Å². The topological polar surface area (TPSA) is 133 Å². The van der Waals surface area contributed by atoms with E-state index in [1.165, 1.54) is 21.3 Å². The summed E-state index contributed by atoms with van der Waals surface area (Å²) in [6, 6.07) is 3.55. The number of aliphatic hydroxyl groups excluding tert-OH is 2. The summed E-state index contributed by atoms with van der Waals surface area (Å²) in [5.74, 6) is 1.38. The van der Waals surface area contributed by atoms with Gasteiger partial charge in [0.15, 0.2) is 11.5 Å². The maximum absolute atomic E-state index is 10.8. The standard InChI is InChI=1S/C27H45NO11/c1-18(10-34-14-23-16-38-23)36-12-21(29)8-28(20-6-25(31-3)27(33-5)26(7-20)32-4)9-22(30)13-37-19(2)11-35-15-24-17-39-24/h6-7,18-19,21-24,29-30H,8-17H2,1-5H3. The van der Waals surface area contributed by atoms with Gasteiger partial charge in [-0.15, -0.1) is 0 Å². The number of epoxide rings is 2. The van der Waals surface area contributed by atoms with Crippen LogP contribution in [0.1, 0.15) is 13.8 Å². The van der Waals surface area contributed by atoms with E-state index < -0.39 is 12.2 Å². The molecule has 2 N–H and O–H groups in total. The molecule has 0 radical (unpaired) electrons. The van der Waals surface area contributed by atoms with Crippen LogP contribution in [-0.2, 0) is 28.4 Å². The first-order chi connectivity index (χ1) is 18.8. The Morgan fingerprint density at radius 2 is 1.21 bits per heavy atom. The van der Waals surface area contributed by atoms with Gasteiger partial charge in [-0.05, 0) is 13.8 Å². The molecule has 0 saturated carbocycles. The predicted octanol–water partition coefficient (Wildman–Crippen LogP) is 0.882. The Hall–Kier alpha value is -1.90. The molecule has 6 unspecified atom stereocenters. The highest BCUT2D eigenvalue weighted by atomic mass is 16.6. The molecule has 6 atom stereocenters. The monoisotopic (exact) mass is 559 g/mol. The van der Waals surface area contributed by atoms with Crippen molar-refractivity contribution in [3.8, 4) is 17.2 Å². The zero-order chi connectivity index (χ0) is 28.2. The average molecular weight is 560 g/mol. The minimum absolute atomic E-state index is 0.0943. The number of hydrogen-bond donors (Lipinski definition) is 2. The molecule has 2 heterocycles. The molecule has 1 aromatic rings. The fourth-order valence-electron chi connectivity index (χ4n) is 3.86. The summed E-state index contributed by atoms with van der Waals surface area (Å²) in [7, 11) is 4.61. The lowest BCUT2D eigenvalue weighted by atomic mass is 10.2. The van der Waals surface area contributed by atoms with Gasteiger partial charge in [-0.25, -0.2) is 0 Å². The second kappa shape index (κ2) is 16.4. The maximum Gasteiger partial charge on any atom is 0.203 e. The molecule has 12 heteroatoms. The number of hydrogen-bond acceptors (Lipinski definition) is 12. The normalized spacial score (nSPS) is 21.1. The van der Waals surface area contributed by atoms with Crippen molar-refractivity contribution in [2.45, 2.75) is 50.5 Å². The number of methoxy groups -OCH3 is 3. The number of rotatable bonds is 22. The van der Waals surface area contributed by atoms with Gasteiger partial charge in [0.25, 0.3) is 0 Å². The summed E-state index contributed by atoms with van der Waals surface area (Å²) in [6.45, 7) is 7.72. The Morgan fingerprint density at radius 1 is 0.769 bits per heavy atom. The molecular formula is C27H45NO11. The van der Waals surface area contributed by atoms with Crippen LogP contribution in [0.25, 0.3) is 0 Å². The van der Waals surface area contributed by atoms with E-state index in [9.17, 15) is 10.2 Å². The van der Waals surface area contributed by atoms with E-state index in [-0.39, 0.29) is 50.7 Å². The van der Waals surface area contributed by atoms with Crippen LogP contribution in [0.15, 0.2) is 12.1 Å². The quantitative estimate of drug-likeness (QED) is 0.195. The van der Waals surface area contributed by atoms with Crippen LogP contribution in [0.2, 0.25) is 0 Å². The SMILES string of the molecule is COc1cc(N(CC(O)COC(C)COCC2CO2)CC(O)COC(C)COCC2CO2)cc(OC)c1OC. The number of benzene rings is 1. The van der Waals surface area contributed by atoms with E-state index >= 15 is 0 Å². The Labute approximate surface area is 230 Å².